The molecule has 0 aliphatic heterocycles. The van der Waals surface area contributed by atoms with Crippen molar-refractivity contribution < 1.29 is 4.42 Å². The molecule has 0 bridgehead atoms. The predicted octanol–water partition coefficient (Wildman–Crippen LogP) is 11.3. The van der Waals surface area contributed by atoms with Crippen LogP contribution < -0.4 is 0 Å². The van der Waals surface area contributed by atoms with Crippen LogP contribution >= 0.6 is 0 Å². The molecule has 9 rings (SSSR count). The van der Waals surface area contributed by atoms with Gasteiger partial charge in [-0.2, -0.15) is 0 Å². The summed E-state index contributed by atoms with van der Waals surface area (Å²) in [6, 6.07) is 56.4. The third kappa shape index (κ3) is 4.93. The van der Waals surface area contributed by atoms with Gasteiger partial charge in [-0.15, -0.1) is 0 Å². The molecule has 2 heterocycles. The van der Waals surface area contributed by atoms with Gasteiger partial charge in [0, 0.05) is 27.5 Å². The minimum atomic E-state index is 0.601. The molecular formula is C43H27N3O. The lowest BCUT2D eigenvalue weighted by Gasteiger charge is -2.11. The van der Waals surface area contributed by atoms with Crippen molar-refractivity contribution in [1.82, 2.24) is 15.0 Å². The van der Waals surface area contributed by atoms with Crippen LogP contribution in [0.2, 0.25) is 0 Å². The fraction of sp³-hybridized carbons (Fsp3) is 0. The van der Waals surface area contributed by atoms with Gasteiger partial charge in [0.1, 0.15) is 11.2 Å². The number of hydrogen-bond acceptors (Lipinski definition) is 4. The normalized spacial score (nSPS) is 11.4. The second-order valence-electron chi connectivity index (χ2n) is 11.7. The van der Waals surface area contributed by atoms with Crippen molar-refractivity contribution in [3.8, 4) is 56.4 Å². The molecule has 47 heavy (non-hydrogen) atoms. The van der Waals surface area contributed by atoms with Crippen molar-refractivity contribution in [2.45, 2.75) is 0 Å². The zero-order chi connectivity index (χ0) is 31.2. The Morgan fingerprint density at radius 2 is 0.894 bits per heavy atom. The summed E-state index contributed by atoms with van der Waals surface area (Å²) in [4.78, 5) is 15.1. The maximum Gasteiger partial charge on any atom is 0.164 e. The average molecular weight is 602 g/mol. The van der Waals surface area contributed by atoms with E-state index in [2.05, 4.69) is 84.9 Å². The highest BCUT2D eigenvalue weighted by atomic mass is 16.3. The largest absolute Gasteiger partial charge is 0.456 e. The summed E-state index contributed by atoms with van der Waals surface area (Å²) in [5.74, 6) is 1.85. The Bertz CT molecular complexity index is 2500. The summed E-state index contributed by atoms with van der Waals surface area (Å²) in [6.07, 6.45) is 0. The highest BCUT2D eigenvalue weighted by Gasteiger charge is 2.19. The predicted molar refractivity (Wildman–Crippen MR) is 192 cm³/mol. The summed E-state index contributed by atoms with van der Waals surface area (Å²) >= 11 is 0. The Kier molecular flexibility index (Phi) is 6.43. The molecule has 220 valence electrons. The first-order valence-corrected chi connectivity index (χ1v) is 15.7. The summed E-state index contributed by atoms with van der Waals surface area (Å²) in [7, 11) is 0. The molecule has 0 unspecified atom stereocenters. The average Bonchev–Trinajstić information content (AvgIpc) is 3.53. The zero-order valence-corrected chi connectivity index (χ0v) is 25.3. The topological polar surface area (TPSA) is 51.8 Å². The van der Waals surface area contributed by atoms with Crippen LogP contribution in [0.3, 0.4) is 0 Å². The number of nitrogens with zero attached hydrogens (tertiary/aromatic N) is 3. The summed E-state index contributed by atoms with van der Waals surface area (Å²) < 4.78 is 6.47. The van der Waals surface area contributed by atoms with Gasteiger partial charge in [0.25, 0.3) is 0 Å². The second-order valence-corrected chi connectivity index (χ2v) is 11.7. The van der Waals surface area contributed by atoms with E-state index in [0.717, 1.165) is 49.8 Å². The van der Waals surface area contributed by atoms with E-state index >= 15 is 0 Å². The molecular weight excluding hydrogens is 574 g/mol. The lowest BCUT2D eigenvalue weighted by atomic mass is 9.96. The van der Waals surface area contributed by atoms with Crippen LogP contribution in [-0.4, -0.2) is 15.0 Å². The van der Waals surface area contributed by atoms with Crippen LogP contribution in [0.4, 0.5) is 0 Å². The van der Waals surface area contributed by atoms with Crippen LogP contribution in [0.15, 0.2) is 168 Å². The number of hydrogen-bond donors (Lipinski definition) is 0. The van der Waals surface area contributed by atoms with Gasteiger partial charge in [-0.3, -0.25) is 0 Å². The van der Waals surface area contributed by atoms with Crippen molar-refractivity contribution in [2.24, 2.45) is 0 Å². The molecule has 0 radical (unpaired) electrons. The van der Waals surface area contributed by atoms with Crippen molar-refractivity contribution >= 4 is 32.7 Å². The van der Waals surface area contributed by atoms with E-state index in [9.17, 15) is 0 Å². The Hall–Kier alpha value is -6.39. The molecule has 0 saturated heterocycles. The monoisotopic (exact) mass is 601 g/mol. The van der Waals surface area contributed by atoms with Crippen molar-refractivity contribution in [2.75, 3.05) is 0 Å². The molecule has 0 spiro atoms. The fourth-order valence-corrected chi connectivity index (χ4v) is 6.35. The van der Waals surface area contributed by atoms with Crippen LogP contribution in [0, 0.1) is 0 Å². The lowest BCUT2D eigenvalue weighted by molar-refractivity contribution is 0.669. The Morgan fingerprint density at radius 3 is 1.60 bits per heavy atom. The number of fused-ring (bicyclic) bond motifs is 4. The number of para-hydroxylation sites is 1. The van der Waals surface area contributed by atoms with Crippen molar-refractivity contribution in [1.29, 1.82) is 0 Å². The molecule has 0 fully saturated rings. The Balaban J connectivity index is 1.23. The van der Waals surface area contributed by atoms with E-state index in [1.165, 1.54) is 21.9 Å². The van der Waals surface area contributed by atoms with E-state index in [-0.39, 0.29) is 0 Å². The van der Waals surface area contributed by atoms with E-state index in [1.54, 1.807) is 0 Å². The Labute approximate surface area is 271 Å². The third-order valence-corrected chi connectivity index (χ3v) is 8.72. The van der Waals surface area contributed by atoms with Gasteiger partial charge in [-0.1, -0.05) is 140 Å². The summed E-state index contributed by atoms with van der Waals surface area (Å²) in [5.41, 5.74) is 8.85. The molecule has 4 nitrogen and oxygen atoms in total. The summed E-state index contributed by atoms with van der Waals surface area (Å²) in [6.45, 7) is 0. The number of furan rings is 1. The van der Waals surface area contributed by atoms with Gasteiger partial charge < -0.3 is 4.42 Å². The van der Waals surface area contributed by atoms with Gasteiger partial charge in [0.2, 0.25) is 0 Å². The van der Waals surface area contributed by atoms with Gasteiger partial charge in [-0.05, 0) is 57.3 Å². The van der Waals surface area contributed by atoms with E-state index in [4.69, 9.17) is 19.4 Å². The van der Waals surface area contributed by atoms with Crippen LogP contribution in [0.5, 0.6) is 0 Å². The zero-order valence-electron chi connectivity index (χ0n) is 25.3. The third-order valence-electron chi connectivity index (χ3n) is 8.72. The van der Waals surface area contributed by atoms with Gasteiger partial charge in [-0.25, -0.2) is 15.0 Å². The molecule has 7 aromatic carbocycles. The first kappa shape index (κ1) is 27.0. The quantitative estimate of drug-likeness (QED) is 0.197. The molecule has 9 aromatic rings. The minimum absolute atomic E-state index is 0.601. The van der Waals surface area contributed by atoms with E-state index in [1.807, 2.05) is 78.9 Å². The number of aromatic nitrogens is 3. The number of benzene rings is 7. The minimum Gasteiger partial charge on any atom is -0.456 e. The first-order chi connectivity index (χ1) is 23.3. The van der Waals surface area contributed by atoms with E-state index in [0.29, 0.717) is 17.5 Å². The van der Waals surface area contributed by atoms with Gasteiger partial charge in [0.15, 0.2) is 17.5 Å². The van der Waals surface area contributed by atoms with E-state index < -0.39 is 0 Å². The fourth-order valence-electron chi connectivity index (χ4n) is 6.35. The highest BCUT2D eigenvalue weighted by molar-refractivity contribution is 6.13. The highest BCUT2D eigenvalue weighted by Crippen LogP contribution is 2.40. The molecule has 2 aromatic heterocycles. The second kappa shape index (κ2) is 11.2. The molecule has 0 aliphatic rings. The van der Waals surface area contributed by atoms with Gasteiger partial charge in [0.05, 0.1) is 0 Å². The summed E-state index contributed by atoms with van der Waals surface area (Å²) in [5, 5.41) is 4.49. The van der Waals surface area contributed by atoms with Crippen molar-refractivity contribution in [3.05, 3.63) is 164 Å². The molecule has 0 saturated carbocycles. The lowest BCUT2D eigenvalue weighted by Crippen LogP contribution is -2.00. The van der Waals surface area contributed by atoms with Gasteiger partial charge >= 0.3 is 0 Å². The van der Waals surface area contributed by atoms with Crippen molar-refractivity contribution in [3.63, 3.8) is 0 Å². The molecule has 4 heteroatoms. The van der Waals surface area contributed by atoms with Crippen LogP contribution in [0.1, 0.15) is 0 Å². The maximum absolute atomic E-state index is 6.47. The molecule has 0 amide bonds. The maximum atomic E-state index is 6.47. The smallest absolute Gasteiger partial charge is 0.164 e. The Morgan fingerprint density at radius 1 is 0.340 bits per heavy atom. The SMILES string of the molecule is c1ccc(-c2nc(-c3ccccc3)nc(-c3cc(-c4ccc(-c5ccc6ccccc6c5)cc4)cc4oc5ccccc5c34)n2)cc1. The first-order valence-electron chi connectivity index (χ1n) is 15.7. The van der Waals surface area contributed by atoms with Crippen LogP contribution in [-0.2, 0) is 0 Å². The molecule has 0 N–H and O–H groups in total. The standard InChI is InChI=1S/C43H27N3O/c1-3-12-31(13-4-1)41-44-42(32-14-5-2-6-15-32)46-43(45-41)37-26-35(27-39-40(37)36-17-9-10-18-38(36)47-39)30-21-19-29(20-22-30)34-24-23-28-11-7-8-16-33(28)25-34/h1-27H. The number of rotatable bonds is 5. The molecule has 0 atom stereocenters. The van der Waals surface area contributed by atoms with Crippen LogP contribution in [0.25, 0.3) is 89.1 Å². The molecule has 0 aliphatic carbocycles.